The second-order valence-electron chi connectivity index (χ2n) is 4.69. The van der Waals surface area contributed by atoms with Gasteiger partial charge in [0.05, 0.1) is 7.11 Å². The highest BCUT2D eigenvalue weighted by Gasteiger charge is 2.16. The van der Waals surface area contributed by atoms with E-state index in [1.165, 1.54) is 18.4 Å². The zero-order chi connectivity index (χ0) is 12.1. The van der Waals surface area contributed by atoms with Crippen molar-refractivity contribution >= 4 is 0 Å². The summed E-state index contributed by atoms with van der Waals surface area (Å²) in [5.41, 5.74) is 1.29. The SMILES string of the molecule is COc1cccc(C(C)NC2CCNCC2)c1. The molecule has 0 aromatic heterocycles. The number of hydrogen-bond acceptors (Lipinski definition) is 3. The molecule has 0 spiro atoms. The molecule has 0 bridgehead atoms. The fraction of sp³-hybridized carbons (Fsp3) is 0.571. The first-order valence-electron chi connectivity index (χ1n) is 6.40. The minimum absolute atomic E-state index is 0.383. The van der Waals surface area contributed by atoms with Gasteiger partial charge in [-0.15, -0.1) is 0 Å². The van der Waals surface area contributed by atoms with E-state index in [1.807, 2.05) is 6.07 Å². The molecule has 2 N–H and O–H groups in total. The average Bonchev–Trinajstić information content (AvgIpc) is 2.40. The number of nitrogens with one attached hydrogen (secondary N) is 2. The predicted molar refractivity (Wildman–Crippen MR) is 70.4 cm³/mol. The summed E-state index contributed by atoms with van der Waals surface area (Å²) in [6.07, 6.45) is 2.43. The Kier molecular flexibility index (Phi) is 4.40. The molecule has 1 aliphatic rings. The van der Waals surface area contributed by atoms with Crippen molar-refractivity contribution in [1.29, 1.82) is 0 Å². The molecule has 3 nitrogen and oxygen atoms in total. The third-order valence-electron chi connectivity index (χ3n) is 3.42. The van der Waals surface area contributed by atoms with Gasteiger partial charge in [0, 0.05) is 12.1 Å². The van der Waals surface area contributed by atoms with Gasteiger partial charge < -0.3 is 15.4 Å². The van der Waals surface area contributed by atoms with Crippen LogP contribution in [0.3, 0.4) is 0 Å². The number of ether oxygens (including phenoxy) is 1. The van der Waals surface area contributed by atoms with E-state index in [1.54, 1.807) is 7.11 Å². The Balaban J connectivity index is 1.95. The molecule has 1 saturated heterocycles. The minimum Gasteiger partial charge on any atom is -0.497 e. The maximum atomic E-state index is 5.26. The summed E-state index contributed by atoms with van der Waals surface area (Å²) in [6.45, 7) is 4.47. The van der Waals surface area contributed by atoms with E-state index >= 15 is 0 Å². The van der Waals surface area contributed by atoms with E-state index in [0.29, 0.717) is 12.1 Å². The second kappa shape index (κ2) is 6.03. The van der Waals surface area contributed by atoms with Gasteiger partial charge in [0.1, 0.15) is 5.75 Å². The molecule has 1 atom stereocenters. The van der Waals surface area contributed by atoms with Crippen LogP contribution in [0.4, 0.5) is 0 Å². The van der Waals surface area contributed by atoms with Crippen LogP contribution in [0.15, 0.2) is 24.3 Å². The number of piperidine rings is 1. The fourth-order valence-electron chi connectivity index (χ4n) is 2.35. The molecule has 1 heterocycles. The molecule has 0 radical (unpaired) electrons. The summed E-state index contributed by atoms with van der Waals surface area (Å²) in [4.78, 5) is 0. The van der Waals surface area contributed by atoms with Gasteiger partial charge in [-0.2, -0.15) is 0 Å². The topological polar surface area (TPSA) is 33.3 Å². The van der Waals surface area contributed by atoms with Crippen molar-refractivity contribution in [3.8, 4) is 5.75 Å². The largest absolute Gasteiger partial charge is 0.497 e. The average molecular weight is 234 g/mol. The number of hydrogen-bond donors (Lipinski definition) is 2. The molecular formula is C14H22N2O. The Morgan fingerprint density at radius 1 is 1.35 bits per heavy atom. The van der Waals surface area contributed by atoms with Gasteiger partial charge in [0.25, 0.3) is 0 Å². The number of rotatable bonds is 4. The summed E-state index contributed by atoms with van der Waals surface area (Å²) in [6, 6.07) is 9.32. The molecular weight excluding hydrogens is 212 g/mol. The molecule has 1 aromatic rings. The maximum absolute atomic E-state index is 5.26. The first kappa shape index (κ1) is 12.4. The lowest BCUT2D eigenvalue weighted by Crippen LogP contribution is -2.40. The second-order valence-corrected chi connectivity index (χ2v) is 4.69. The van der Waals surface area contributed by atoms with Crippen LogP contribution in [0.5, 0.6) is 5.75 Å². The van der Waals surface area contributed by atoms with Gasteiger partial charge in [-0.3, -0.25) is 0 Å². The summed E-state index contributed by atoms with van der Waals surface area (Å²) < 4.78 is 5.26. The Bertz CT molecular complexity index is 348. The Labute approximate surface area is 104 Å². The van der Waals surface area contributed by atoms with Crippen LogP contribution < -0.4 is 15.4 Å². The standard InChI is InChI=1S/C14H22N2O/c1-11(16-13-6-8-15-9-7-13)12-4-3-5-14(10-12)17-2/h3-5,10-11,13,15-16H,6-9H2,1-2H3. The zero-order valence-corrected chi connectivity index (χ0v) is 10.7. The Morgan fingerprint density at radius 3 is 2.82 bits per heavy atom. The maximum Gasteiger partial charge on any atom is 0.119 e. The van der Waals surface area contributed by atoms with Gasteiger partial charge in [0.15, 0.2) is 0 Å². The fourth-order valence-corrected chi connectivity index (χ4v) is 2.35. The van der Waals surface area contributed by atoms with Crippen molar-refractivity contribution in [2.75, 3.05) is 20.2 Å². The molecule has 1 aliphatic heterocycles. The van der Waals surface area contributed by atoms with E-state index < -0.39 is 0 Å². The zero-order valence-electron chi connectivity index (χ0n) is 10.7. The molecule has 0 saturated carbocycles. The van der Waals surface area contributed by atoms with Crippen molar-refractivity contribution in [1.82, 2.24) is 10.6 Å². The van der Waals surface area contributed by atoms with Crippen molar-refractivity contribution < 1.29 is 4.74 Å². The minimum atomic E-state index is 0.383. The van der Waals surface area contributed by atoms with Crippen LogP contribution in [0, 0.1) is 0 Å². The molecule has 2 rings (SSSR count). The highest BCUT2D eigenvalue weighted by atomic mass is 16.5. The van der Waals surface area contributed by atoms with Crippen LogP contribution in [-0.4, -0.2) is 26.2 Å². The predicted octanol–water partition coefficient (Wildman–Crippen LogP) is 2.10. The summed E-state index contributed by atoms with van der Waals surface area (Å²) >= 11 is 0. The summed E-state index contributed by atoms with van der Waals surface area (Å²) in [5.74, 6) is 0.932. The Hall–Kier alpha value is -1.06. The highest BCUT2D eigenvalue weighted by molar-refractivity contribution is 5.30. The lowest BCUT2D eigenvalue weighted by Gasteiger charge is -2.27. The van der Waals surface area contributed by atoms with Crippen LogP contribution in [-0.2, 0) is 0 Å². The molecule has 94 valence electrons. The summed E-state index contributed by atoms with van der Waals surface area (Å²) in [5, 5.41) is 7.08. The molecule has 1 fully saturated rings. The van der Waals surface area contributed by atoms with Gasteiger partial charge >= 0.3 is 0 Å². The molecule has 17 heavy (non-hydrogen) atoms. The van der Waals surface area contributed by atoms with Crippen molar-refractivity contribution in [3.63, 3.8) is 0 Å². The van der Waals surface area contributed by atoms with Gasteiger partial charge in [0.2, 0.25) is 0 Å². The smallest absolute Gasteiger partial charge is 0.119 e. The third kappa shape index (κ3) is 3.45. The highest BCUT2D eigenvalue weighted by Crippen LogP contribution is 2.20. The summed E-state index contributed by atoms with van der Waals surface area (Å²) in [7, 11) is 1.71. The van der Waals surface area contributed by atoms with Gasteiger partial charge in [-0.1, -0.05) is 12.1 Å². The molecule has 0 amide bonds. The molecule has 0 aliphatic carbocycles. The normalized spacial score (nSPS) is 18.9. The Morgan fingerprint density at radius 2 is 2.12 bits per heavy atom. The van der Waals surface area contributed by atoms with Crippen LogP contribution >= 0.6 is 0 Å². The van der Waals surface area contributed by atoms with Crippen LogP contribution in [0.2, 0.25) is 0 Å². The van der Waals surface area contributed by atoms with E-state index in [4.69, 9.17) is 4.74 Å². The molecule has 1 aromatic carbocycles. The molecule has 3 heteroatoms. The van der Waals surface area contributed by atoms with E-state index in [9.17, 15) is 0 Å². The van der Waals surface area contributed by atoms with Gasteiger partial charge in [-0.25, -0.2) is 0 Å². The molecule has 1 unspecified atom stereocenters. The quantitative estimate of drug-likeness (QED) is 0.837. The van der Waals surface area contributed by atoms with Crippen LogP contribution in [0.25, 0.3) is 0 Å². The lowest BCUT2D eigenvalue weighted by atomic mass is 10.0. The lowest BCUT2D eigenvalue weighted by molar-refractivity contribution is 0.358. The van der Waals surface area contributed by atoms with E-state index in [0.717, 1.165) is 18.8 Å². The monoisotopic (exact) mass is 234 g/mol. The number of benzene rings is 1. The third-order valence-corrected chi connectivity index (χ3v) is 3.42. The van der Waals surface area contributed by atoms with E-state index in [-0.39, 0.29) is 0 Å². The number of methoxy groups -OCH3 is 1. The first-order chi connectivity index (χ1) is 8.29. The van der Waals surface area contributed by atoms with Crippen LogP contribution in [0.1, 0.15) is 31.4 Å². The van der Waals surface area contributed by atoms with Crippen molar-refractivity contribution in [3.05, 3.63) is 29.8 Å². The van der Waals surface area contributed by atoms with Crippen molar-refractivity contribution in [2.24, 2.45) is 0 Å². The van der Waals surface area contributed by atoms with Crippen molar-refractivity contribution in [2.45, 2.75) is 31.8 Å². The van der Waals surface area contributed by atoms with Gasteiger partial charge in [-0.05, 0) is 50.6 Å². The first-order valence-corrected chi connectivity index (χ1v) is 6.40. The van der Waals surface area contributed by atoms with E-state index in [2.05, 4.69) is 35.8 Å².